The lowest BCUT2D eigenvalue weighted by Crippen LogP contribution is -2.22. The van der Waals surface area contributed by atoms with Crippen LogP contribution in [0.15, 0.2) is 18.2 Å². The average Bonchev–Trinajstić information content (AvgIpc) is 2.63. The zero-order valence-electron chi connectivity index (χ0n) is 11.8. The van der Waals surface area contributed by atoms with E-state index in [-0.39, 0.29) is 24.2 Å². The number of ether oxygens (including phenoxy) is 1. The topological polar surface area (TPSA) is 50.4 Å². The molecule has 112 valence electrons. The van der Waals surface area contributed by atoms with E-state index in [9.17, 15) is 4.79 Å². The third-order valence-corrected chi connectivity index (χ3v) is 3.88. The molecule has 20 heavy (non-hydrogen) atoms. The minimum atomic E-state index is 0. The summed E-state index contributed by atoms with van der Waals surface area (Å²) >= 11 is 1.68. The maximum Gasteiger partial charge on any atom is 0.228 e. The summed E-state index contributed by atoms with van der Waals surface area (Å²) in [6.45, 7) is 4.25. The van der Waals surface area contributed by atoms with Crippen LogP contribution in [0, 0.1) is 5.92 Å². The van der Waals surface area contributed by atoms with Crippen LogP contribution in [0.25, 0.3) is 0 Å². The van der Waals surface area contributed by atoms with Crippen LogP contribution in [-0.2, 0) is 11.3 Å². The largest absolute Gasteiger partial charge is 0.492 e. The van der Waals surface area contributed by atoms with E-state index in [1.165, 1.54) is 0 Å². The van der Waals surface area contributed by atoms with Gasteiger partial charge in [-0.1, -0.05) is 6.92 Å². The van der Waals surface area contributed by atoms with Gasteiger partial charge >= 0.3 is 0 Å². The quantitative estimate of drug-likeness (QED) is 0.896. The van der Waals surface area contributed by atoms with Crippen molar-refractivity contribution in [1.82, 2.24) is 5.32 Å². The molecule has 1 aliphatic heterocycles. The van der Waals surface area contributed by atoms with Gasteiger partial charge in [-0.05, 0) is 24.5 Å². The van der Waals surface area contributed by atoms with E-state index in [0.29, 0.717) is 6.61 Å². The SMILES string of the molecule is CSCC(C)C(=O)Nc1ccc2c(c1)CNCCO2.Cl. The van der Waals surface area contributed by atoms with Crippen LogP contribution in [-0.4, -0.2) is 31.1 Å². The van der Waals surface area contributed by atoms with Crippen molar-refractivity contribution in [3.05, 3.63) is 23.8 Å². The number of hydrogen-bond donors (Lipinski definition) is 2. The predicted octanol–water partition coefficient (Wildman–Crippen LogP) is 2.53. The summed E-state index contributed by atoms with van der Waals surface area (Å²) in [5.74, 6) is 1.82. The Hall–Kier alpha value is -0.910. The molecule has 6 heteroatoms. The predicted molar refractivity (Wildman–Crippen MR) is 87.1 cm³/mol. The summed E-state index contributed by atoms with van der Waals surface area (Å²) in [5.41, 5.74) is 1.93. The van der Waals surface area contributed by atoms with Crippen molar-refractivity contribution in [1.29, 1.82) is 0 Å². The highest BCUT2D eigenvalue weighted by atomic mass is 35.5. The van der Waals surface area contributed by atoms with Gasteiger partial charge in [-0.15, -0.1) is 12.4 Å². The van der Waals surface area contributed by atoms with Gasteiger partial charge in [0.25, 0.3) is 0 Å². The molecule has 1 atom stereocenters. The molecule has 1 aliphatic rings. The molecule has 1 amide bonds. The molecule has 0 bridgehead atoms. The third kappa shape index (κ3) is 4.58. The number of amides is 1. The maximum atomic E-state index is 12.0. The van der Waals surface area contributed by atoms with Gasteiger partial charge < -0.3 is 15.4 Å². The van der Waals surface area contributed by atoms with Crippen LogP contribution in [0.4, 0.5) is 5.69 Å². The maximum absolute atomic E-state index is 12.0. The van der Waals surface area contributed by atoms with Gasteiger partial charge in [0.05, 0.1) is 0 Å². The number of anilines is 1. The molecule has 1 heterocycles. The molecule has 4 nitrogen and oxygen atoms in total. The first-order valence-corrected chi connectivity index (χ1v) is 7.86. The van der Waals surface area contributed by atoms with Crippen LogP contribution in [0.2, 0.25) is 0 Å². The van der Waals surface area contributed by atoms with Gasteiger partial charge in [0.15, 0.2) is 0 Å². The fourth-order valence-corrected chi connectivity index (χ4v) is 2.63. The van der Waals surface area contributed by atoms with E-state index in [1.807, 2.05) is 31.4 Å². The fraction of sp³-hybridized carbons (Fsp3) is 0.500. The van der Waals surface area contributed by atoms with Gasteiger partial charge in [-0.2, -0.15) is 11.8 Å². The number of hydrogen-bond acceptors (Lipinski definition) is 4. The summed E-state index contributed by atoms with van der Waals surface area (Å²) in [6, 6.07) is 5.81. The summed E-state index contributed by atoms with van der Waals surface area (Å²) in [5, 5.41) is 6.25. The molecule has 0 spiro atoms. The molecular weight excluding hydrogens is 296 g/mol. The number of halogens is 1. The Kier molecular flexibility index (Phi) is 7.19. The number of carbonyl (C=O) groups excluding carboxylic acids is 1. The van der Waals surface area contributed by atoms with E-state index >= 15 is 0 Å². The Morgan fingerprint density at radius 2 is 2.35 bits per heavy atom. The number of thioether (sulfide) groups is 1. The lowest BCUT2D eigenvalue weighted by Gasteiger charge is -2.13. The highest BCUT2D eigenvalue weighted by Crippen LogP contribution is 2.24. The van der Waals surface area contributed by atoms with Crippen molar-refractivity contribution in [3.8, 4) is 5.75 Å². The number of carbonyl (C=O) groups is 1. The molecule has 0 aromatic heterocycles. The lowest BCUT2D eigenvalue weighted by molar-refractivity contribution is -0.118. The normalized spacial score (nSPS) is 15.1. The molecule has 1 aromatic rings. The van der Waals surface area contributed by atoms with E-state index in [0.717, 1.165) is 35.8 Å². The van der Waals surface area contributed by atoms with E-state index in [2.05, 4.69) is 10.6 Å². The molecular formula is C14H21ClN2O2S. The minimum Gasteiger partial charge on any atom is -0.492 e. The van der Waals surface area contributed by atoms with E-state index in [1.54, 1.807) is 11.8 Å². The minimum absolute atomic E-state index is 0. The smallest absolute Gasteiger partial charge is 0.228 e. The number of fused-ring (bicyclic) bond motifs is 1. The first kappa shape index (κ1) is 17.1. The van der Waals surface area contributed by atoms with Crippen molar-refractivity contribution >= 4 is 35.8 Å². The summed E-state index contributed by atoms with van der Waals surface area (Å²) < 4.78 is 5.62. The van der Waals surface area contributed by atoms with Crippen molar-refractivity contribution in [2.24, 2.45) is 5.92 Å². The first-order chi connectivity index (χ1) is 9.20. The standard InChI is InChI=1S/C14H20N2O2S.ClH/c1-10(9-19-2)14(17)16-12-3-4-13-11(7-12)8-15-5-6-18-13;/h3-4,7,10,15H,5-6,8-9H2,1-2H3,(H,16,17);1H. The average molecular weight is 317 g/mol. The van der Waals surface area contributed by atoms with Crippen molar-refractivity contribution < 1.29 is 9.53 Å². The van der Waals surface area contributed by atoms with Gasteiger partial charge in [0.2, 0.25) is 5.91 Å². The Bertz CT molecular complexity index is 457. The third-order valence-electron chi connectivity index (χ3n) is 3.04. The summed E-state index contributed by atoms with van der Waals surface area (Å²) in [4.78, 5) is 12.0. The second kappa shape index (κ2) is 8.39. The number of benzene rings is 1. The second-order valence-corrected chi connectivity index (χ2v) is 5.60. The number of rotatable bonds is 4. The Balaban J connectivity index is 0.00000200. The monoisotopic (exact) mass is 316 g/mol. The van der Waals surface area contributed by atoms with Gasteiger partial charge in [-0.25, -0.2) is 0 Å². The van der Waals surface area contributed by atoms with Crippen molar-refractivity contribution in [2.45, 2.75) is 13.5 Å². The molecule has 2 N–H and O–H groups in total. The molecule has 0 saturated heterocycles. The number of nitrogens with one attached hydrogen (secondary N) is 2. The molecule has 0 fully saturated rings. The molecule has 2 rings (SSSR count). The summed E-state index contributed by atoms with van der Waals surface area (Å²) in [7, 11) is 0. The van der Waals surface area contributed by atoms with Crippen LogP contribution in [0.3, 0.4) is 0 Å². The first-order valence-electron chi connectivity index (χ1n) is 6.47. The lowest BCUT2D eigenvalue weighted by atomic mass is 10.1. The Labute approximate surface area is 130 Å². The Morgan fingerprint density at radius 1 is 1.55 bits per heavy atom. The second-order valence-electron chi connectivity index (χ2n) is 4.69. The van der Waals surface area contributed by atoms with Crippen LogP contribution in [0.5, 0.6) is 5.75 Å². The molecule has 0 aliphatic carbocycles. The van der Waals surface area contributed by atoms with Crippen molar-refractivity contribution in [2.75, 3.05) is 30.5 Å². The molecule has 0 radical (unpaired) electrons. The Morgan fingerprint density at radius 3 is 3.10 bits per heavy atom. The molecule has 1 unspecified atom stereocenters. The van der Waals surface area contributed by atoms with Crippen LogP contribution >= 0.6 is 24.2 Å². The molecule has 0 saturated carbocycles. The highest BCUT2D eigenvalue weighted by molar-refractivity contribution is 7.98. The van der Waals surface area contributed by atoms with E-state index < -0.39 is 0 Å². The van der Waals surface area contributed by atoms with Crippen molar-refractivity contribution in [3.63, 3.8) is 0 Å². The van der Waals surface area contributed by atoms with Crippen LogP contribution < -0.4 is 15.4 Å². The van der Waals surface area contributed by atoms with E-state index in [4.69, 9.17) is 4.74 Å². The van der Waals surface area contributed by atoms with Crippen LogP contribution in [0.1, 0.15) is 12.5 Å². The van der Waals surface area contributed by atoms with Gasteiger partial charge in [-0.3, -0.25) is 4.79 Å². The summed E-state index contributed by atoms with van der Waals surface area (Å²) in [6.07, 6.45) is 2.01. The van der Waals surface area contributed by atoms with Gasteiger partial charge in [0, 0.05) is 36.0 Å². The highest BCUT2D eigenvalue weighted by Gasteiger charge is 2.14. The molecule has 1 aromatic carbocycles. The zero-order chi connectivity index (χ0) is 13.7. The zero-order valence-corrected chi connectivity index (χ0v) is 13.4. The fourth-order valence-electron chi connectivity index (χ4n) is 1.98. The van der Waals surface area contributed by atoms with Gasteiger partial charge in [0.1, 0.15) is 12.4 Å².